The van der Waals surface area contributed by atoms with Crippen molar-refractivity contribution in [3.63, 3.8) is 0 Å². The summed E-state index contributed by atoms with van der Waals surface area (Å²) in [6, 6.07) is 22.4. The van der Waals surface area contributed by atoms with E-state index in [1.807, 2.05) is 24.3 Å². The summed E-state index contributed by atoms with van der Waals surface area (Å²) in [6.45, 7) is 0. The highest BCUT2D eigenvalue weighted by Crippen LogP contribution is 2.58. The van der Waals surface area contributed by atoms with Crippen LogP contribution in [0.25, 0.3) is 0 Å². The number of aromatic hydroxyl groups is 2. The summed E-state index contributed by atoms with van der Waals surface area (Å²) in [4.78, 5) is 18.0. The predicted molar refractivity (Wildman–Crippen MR) is 121 cm³/mol. The Bertz CT molecular complexity index is 1400. The molecule has 3 aromatic carbocycles. The van der Waals surface area contributed by atoms with E-state index in [2.05, 4.69) is 10.1 Å². The Kier molecular flexibility index (Phi) is 4.00. The Labute approximate surface area is 188 Å². The van der Waals surface area contributed by atoms with Crippen molar-refractivity contribution in [1.29, 1.82) is 0 Å². The fraction of sp³-hybridized carbons (Fsp3) is 0.0385. The maximum atomic E-state index is 13.7. The van der Waals surface area contributed by atoms with Crippen LogP contribution in [0.15, 0.2) is 90.2 Å². The fourth-order valence-electron chi connectivity index (χ4n) is 4.64. The lowest BCUT2D eigenvalue weighted by atomic mass is 9.75. The lowest BCUT2D eigenvalue weighted by molar-refractivity contribution is 0.0675. The molecule has 0 aliphatic carbocycles. The molecular formula is C26H17N3O4. The molecule has 1 amide bonds. The van der Waals surface area contributed by atoms with Gasteiger partial charge in [-0.1, -0.05) is 24.3 Å². The van der Waals surface area contributed by atoms with E-state index >= 15 is 0 Å². The number of nitrogens with zero attached hydrogens (tertiary/aromatic N) is 3. The first-order chi connectivity index (χ1) is 16.1. The molecule has 6 rings (SSSR count). The van der Waals surface area contributed by atoms with Gasteiger partial charge in [0, 0.05) is 40.6 Å². The molecule has 1 spiro atoms. The van der Waals surface area contributed by atoms with E-state index in [9.17, 15) is 15.0 Å². The van der Waals surface area contributed by atoms with Gasteiger partial charge in [0.15, 0.2) is 0 Å². The smallest absolute Gasteiger partial charge is 0.275 e. The fourth-order valence-corrected chi connectivity index (χ4v) is 4.64. The predicted octanol–water partition coefficient (Wildman–Crippen LogP) is 4.38. The van der Waals surface area contributed by atoms with Crippen LogP contribution in [-0.4, -0.2) is 32.3 Å². The summed E-state index contributed by atoms with van der Waals surface area (Å²) in [6.07, 6.45) is 3.20. The maximum absolute atomic E-state index is 13.7. The average Bonchev–Trinajstić information content (AvgIpc) is 3.07. The van der Waals surface area contributed by atoms with Crippen molar-refractivity contribution in [2.45, 2.75) is 5.54 Å². The zero-order chi connectivity index (χ0) is 22.6. The Balaban J connectivity index is 1.69. The van der Waals surface area contributed by atoms with Gasteiger partial charge in [-0.3, -0.25) is 9.78 Å². The number of carbonyl (C=O) groups excluding carboxylic acids is 1. The van der Waals surface area contributed by atoms with E-state index < -0.39 is 5.54 Å². The second-order valence-electron chi connectivity index (χ2n) is 7.84. The third kappa shape index (κ3) is 2.66. The number of pyridine rings is 1. The first kappa shape index (κ1) is 19.1. The van der Waals surface area contributed by atoms with Crippen molar-refractivity contribution in [3.8, 4) is 23.0 Å². The minimum atomic E-state index is -1.16. The maximum Gasteiger partial charge on any atom is 0.275 e. The minimum absolute atomic E-state index is 0.0219. The van der Waals surface area contributed by atoms with Gasteiger partial charge in [0.2, 0.25) is 0 Å². The van der Waals surface area contributed by atoms with Gasteiger partial charge < -0.3 is 14.9 Å². The Morgan fingerprint density at radius 2 is 1.52 bits per heavy atom. The van der Waals surface area contributed by atoms with Gasteiger partial charge in [0.05, 0.1) is 11.9 Å². The number of phenolic OH excluding ortho intramolecular Hbond substituents is 2. The van der Waals surface area contributed by atoms with E-state index in [1.54, 1.807) is 54.9 Å². The van der Waals surface area contributed by atoms with Crippen LogP contribution in [0.4, 0.5) is 0 Å². The van der Waals surface area contributed by atoms with Gasteiger partial charge in [0.1, 0.15) is 28.5 Å². The third-order valence-corrected chi connectivity index (χ3v) is 5.98. The molecule has 2 aliphatic rings. The Morgan fingerprint density at radius 3 is 2.18 bits per heavy atom. The first-order valence-electron chi connectivity index (χ1n) is 10.3. The number of amides is 1. The quantitative estimate of drug-likeness (QED) is 0.456. The molecule has 0 saturated heterocycles. The van der Waals surface area contributed by atoms with E-state index in [0.29, 0.717) is 33.9 Å². The van der Waals surface area contributed by atoms with Gasteiger partial charge in [-0.15, -0.1) is 0 Å². The summed E-state index contributed by atoms with van der Waals surface area (Å²) < 4.78 is 6.07. The highest BCUT2D eigenvalue weighted by Gasteiger charge is 2.57. The largest absolute Gasteiger partial charge is 0.508 e. The van der Waals surface area contributed by atoms with E-state index in [-0.39, 0.29) is 17.4 Å². The van der Waals surface area contributed by atoms with Gasteiger partial charge in [-0.05, 0) is 42.5 Å². The van der Waals surface area contributed by atoms with Crippen LogP contribution >= 0.6 is 0 Å². The van der Waals surface area contributed by atoms with Gasteiger partial charge >= 0.3 is 0 Å². The molecule has 0 saturated carbocycles. The normalized spacial score (nSPS) is 15.3. The molecular weight excluding hydrogens is 418 g/mol. The number of benzene rings is 3. The summed E-state index contributed by atoms with van der Waals surface area (Å²) in [5, 5.41) is 26.3. The van der Waals surface area contributed by atoms with Crippen LogP contribution in [0, 0.1) is 0 Å². The molecule has 2 N–H and O–H groups in total. The van der Waals surface area contributed by atoms with Crippen LogP contribution in [-0.2, 0) is 5.54 Å². The van der Waals surface area contributed by atoms with E-state index in [0.717, 1.165) is 5.56 Å². The number of carbonyl (C=O) groups is 1. The molecule has 160 valence electrons. The molecule has 0 atom stereocenters. The topological polar surface area (TPSA) is 95.2 Å². The molecule has 2 aliphatic heterocycles. The molecule has 33 heavy (non-hydrogen) atoms. The molecule has 0 unspecified atom stereocenters. The standard InChI is InChI=1S/C26H17N3O4/c30-17-8-10-21-23(13-17)33-24-14-18(31)9-11-22(24)26(21)20-7-2-1-6-19(20)25(32)29(26)28-15-16-5-3-4-12-27-16/h1-15,30-31H/b28-15+. The summed E-state index contributed by atoms with van der Waals surface area (Å²) in [7, 11) is 0. The van der Waals surface area contributed by atoms with Crippen molar-refractivity contribution >= 4 is 12.1 Å². The zero-order valence-electron chi connectivity index (χ0n) is 17.2. The number of fused-ring (bicyclic) bond motifs is 6. The lowest BCUT2D eigenvalue weighted by Gasteiger charge is -2.41. The van der Waals surface area contributed by atoms with Crippen molar-refractivity contribution in [3.05, 3.63) is 113 Å². The highest BCUT2D eigenvalue weighted by molar-refractivity contribution is 6.02. The summed E-state index contributed by atoms with van der Waals surface area (Å²) in [5.41, 5.74) is 1.97. The number of rotatable bonds is 2. The lowest BCUT2D eigenvalue weighted by Crippen LogP contribution is -2.44. The Hall–Kier alpha value is -4.65. The molecule has 1 aromatic heterocycles. The van der Waals surface area contributed by atoms with Crippen molar-refractivity contribution in [1.82, 2.24) is 9.99 Å². The minimum Gasteiger partial charge on any atom is -0.508 e. The van der Waals surface area contributed by atoms with Gasteiger partial charge in [-0.2, -0.15) is 5.10 Å². The van der Waals surface area contributed by atoms with Crippen LogP contribution < -0.4 is 4.74 Å². The molecule has 0 fully saturated rings. The van der Waals surface area contributed by atoms with Crippen LogP contribution in [0.2, 0.25) is 0 Å². The first-order valence-corrected chi connectivity index (χ1v) is 10.3. The number of aromatic nitrogens is 1. The molecule has 7 heteroatoms. The molecule has 7 nitrogen and oxygen atoms in total. The average molecular weight is 435 g/mol. The number of hydrogen-bond acceptors (Lipinski definition) is 6. The van der Waals surface area contributed by atoms with E-state index in [4.69, 9.17) is 4.74 Å². The van der Waals surface area contributed by atoms with Crippen LogP contribution in [0.1, 0.15) is 32.7 Å². The molecule has 4 aromatic rings. The van der Waals surface area contributed by atoms with Crippen molar-refractivity contribution in [2.75, 3.05) is 0 Å². The van der Waals surface area contributed by atoms with Crippen LogP contribution in [0.3, 0.4) is 0 Å². The van der Waals surface area contributed by atoms with E-state index in [1.165, 1.54) is 17.1 Å². The summed E-state index contributed by atoms with van der Waals surface area (Å²) >= 11 is 0. The molecule has 0 radical (unpaired) electrons. The molecule has 3 heterocycles. The SMILES string of the molecule is O=C1c2ccccc2C2(c3ccc(O)cc3Oc3cc(O)ccc32)N1/N=C/c1ccccn1. The Morgan fingerprint density at radius 1 is 0.848 bits per heavy atom. The van der Waals surface area contributed by atoms with Gasteiger partial charge in [0.25, 0.3) is 5.91 Å². The second-order valence-corrected chi connectivity index (χ2v) is 7.84. The van der Waals surface area contributed by atoms with Gasteiger partial charge in [-0.25, -0.2) is 5.01 Å². The number of hydrazone groups is 1. The third-order valence-electron chi connectivity index (χ3n) is 5.98. The van der Waals surface area contributed by atoms with Crippen molar-refractivity contribution < 1.29 is 19.7 Å². The number of phenols is 2. The molecule has 0 bridgehead atoms. The zero-order valence-corrected chi connectivity index (χ0v) is 17.2. The second kappa shape index (κ2) is 6.93. The number of ether oxygens (including phenoxy) is 1. The van der Waals surface area contributed by atoms with Crippen LogP contribution in [0.5, 0.6) is 23.0 Å². The monoisotopic (exact) mass is 435 g/mol. The number of hydrogen-bond donors (Lipinski definition) is 2. The highest BCUT2D eigenvalue weighted by atomic mass is 16.5. The van der Waals surface area contributed by atoms with Crippen molar-refractivity contribution in [2.24, 2.45) is 5.10 Å². The summed E-state index contributed by atoms with van der Waals surface area (Å²) in [5.74, 6) is 0.506.